The van der Waals surface area contributed by atoms with Gasteiger partial charge in [0.2, 0.25) is 0 Å². The third kappa shape index (κ3) is 7.54. The largest absolute Gasteiger partial charge is 0.386 e. The van der Waals surface area contributed by atoms with Gasteiger partial charge in [0.1, 0.15) is 0 Å². The topological polar surface area (TPSA) is 112 Å². The summed E-state index contributed by atoms with van der Waals surface area (Å²) < 4.78 is 19.0. The molecule has 2 aliphatic heterocycles. The van der Waals surface area contributed by atoms with Crippen LogP contribution in [0.2, 0.25) is 0 Å². The van der Waals surface area contributed by atoms with Crippen molar-refractivity contribution >= 4 is 23.9 Å². The van der Waals surface area contributed by atoms with Crippen molar-refractivity contribution in [3.05, 3.63) is 36.5 Å². The molecule has 0 aromatic heterocycles. The molecule has 8 heteroatoms. The van der Waals surface area contributed by atoms with Crippen LogP contribution in [-0.4, -0.2) is 49.3 Å². The van der Waals surface area contributed by atoms with Gasteiger partial charge in [-0.05, 0) is 25.7 Å². The smallest absolute Gasteiger partial charge is 0.341 e. The maximum absolute atomic E-state index is 11.6. The summed E-state index contributed by atoms with van der Waals surface area (Å²) in [5.74, 6) is -3.87. The summed E-state index contributed by atoms with van der Waals surface area (Å²) in [4.78, 5) is 46.2. The fourth-order valence-electron chi connectivity index (χ4n) is 1.88. The van der Waals surface area contributed by atoms with Crippen molar-refractivity contribution in [2.24, 2.45) is 0 Å². The van der Waals surface area contributed by atoms with E-state index in [2.05, 4.69) is 22.6 Å². The van der Waals surface area contributed by atoms with Crippen LogP contribution in [0.15, 0.2) is 36.5 Å². The van der Waals surface area contributed by atoms with Gasteiger partial charge in [0, 0.05) is 23.3 Å². The molecule has 2 atom stereocenters. The molecular formula is C18H20O8. The molecule has 26 heavy (non-hydrogen) atoms. The SMILES string of the molecule is C=C(CCC1CO1)C(=O)OC(=O)C=CC(=O)OC(=O)C(=C)CCC1CO1. The fourth-order valence-corrected chi connectivity index (χ4v) is 1.88. The van der Waals surface area contributed by atoms with Crippen LogP contribution in [0.1, 0.15) is 25.7 Å². The number of hydrogen-bond acceptors (Lipinski definition) is 8. The maximum atomic E-state index is 11.6. The standard InChI is InChI=1S/C18H20O8/c1-11(3-5-13-9-23-13)17(21)25-15(19)7-8-16(20)26-18(22)12(2)4-6-14-10-24-14/h7-8,13-14H,1-6,9-10H2. The fraction of sp³-hybridized carbons (Fsp3) is 0.444. The van der Waals surface area contributed by atoms with Gasteiger partial charge in [0.25, 0.3) is 0 Å². The van der Waals surface area contributed by atoms with Gasteiger partial charge < -0.3 is 18.9 Å². The van der Waals surface area contributed by atoms with Gasteiger partial charge in [-0.2, -0.15) is 0 Å². The number of hydrogen-bond donors (Lipinski definition) is 0. The Labute approximate surface area is 150 Å². The quantitative estimate of drug-likeness (QED) is 0.246. The molecule has 0 saturated carbocycles. The highest BCUT2D eigenvalue weighted by molar-refractivity contribution is 6.03. The summed E-state index contributed by atoms with van der Waals surface area (Å²) >= 11 is 0. The van der Waals surface area contributed by atoms with E-state index in [-0.39, 0.29) is 23.4 Å². The first-order valence-corrected chi connectivity index (χ1v) is 8.14. The molecule has 8 nitrogen and oxygen atoms in total. The first-order chi connectivity index (χ1) is 12.3. The molecule has 2 heterocycles. The van der Waals surface area contributed by atoms with Gasteiger partial charge in [-0.1, -0.05) is 13.2 Å². The molecule has 0 N–H and O–H groups in total. The monoisotopic (exact) mass is 364 g/mol. The second-order valence-electron chi connectivity index (χ2n) is 5.95. The second-order valence-corrected chi connectivity index (χ2v) is 5.95. The zero-order valence-electron chi connectivity index (χ0n) is 14.2. The van der Waals surface area contributed by atoms with Crippen LogP contribution in [0.3, 0.4) is 0 Å². The second kappa shape index (κ2) is 9.21. The van der Waals surface area contributed by atoms with Crippen molar-refractivity contribution in [2.45, 2.75) is 37.9 Å². The third-order valence-electron chi connectivity index (χ3n) is 3.66. The van der Waals surface area contributed by atoms with Crippen LogP contribution in [0.5, 0.6) is 0 Å². The molecule has 2 aliphatic rings. The molecule has 0 amide bonds. The van der Waals surface area contributed by atoms with Gasteiger partial charge in [-0.25, -0.2) is 19.2 Å². The molecule has 2 fully saturated rings. The molecule has 2 saturated heterocycles. The first-order valence-electron chi connectivity index (χ1n) is 8.14. The van der Waals surface area contributed by atoms with Crippen LogP contribution in [0, 0.1) is 0 Å². The van der Waals surface area contributed by atoms with E-state index in [1.807, 2.05) is 0 Å². The lowest BCUT2D eigenvalue weighted by molar-refractivity contribution is -0.156. The van der Waals surface area contributed by atoms with Gasteiger partial charge in [0.15, 0.2) is 0 Å². The molecule has 0 aromatic rings. The lowest BCUT2D eigenvalue weighted by Crippen LogP contribution is -2.15. The highest BCUT2D eigenvalue weighted by Crippen LogP contribution is 2.19. The van der Waals surface area contributed by atoms with E-state index < -0.39 is 23.9 Å². The highest BCUT2D eigenvalue weighted by Gasteiger charge is 2.24. The van der Waals surface area contributed by atoms with E-state index in [1.54, 1.807) is 0 Å². The van der Waals surface area contributed by atoms with Crippen molar-refractivity contribution < 1.29 is 38.1 Å². The Morgan fingerprint density at radius 1 is 0.808 bits per heavy atom. The number of carbonyl (C=O) groups excluding carboxylic acids is 4. The Kier molecular flexibility index (Phi) is 6.99. The van der Waals surface area contributed by atoms with Crippen LogP contribution in [0.4, 0.5) is 0 Å². The lowest BCUT2D eigenvalue weighted by Gasteiger charge is -2.03. The molecule has 140 valence electrons. The molecule has 2 unspecified atom stereocenters. The average Bonchev–Trinajstić information content (AvgIpc) is 3.49. The zero-order valence-corrected chi connectivity index (χ0v) is 14.2. The van der Waals surface area contributed by atoms with Crippen LogP contribution in [-0.2, 0) is 38.1 Å². The van der Waals surface area contributed by atoms with Gasteiger partial charge in [-0.15, -0.1) is 0 Å². The first kappa shape index (κ1) is 19.7. The van der Waals surface area contributed by atoms with Crippen molar-refractivity contribution in [1.29, 1.82) is 0 Å². The minimum Gasteiger partial charge on any atom is -0.386 e. The van der Waals surface area contributed by atoms with Crippen molar-refractivity contribution in [2.75, 3.05) is 13.2 Å². The van der Waals surface area contributed by atoms with Crippen molar-refractivity contribution in [3.8, 4) is 0 Å². The highest BCUT2D eigenvalue weighted by atomic mass is 16.6. The number of carbonyl (C=O) groups is 4. The van der Waals surface area contributed by atoms with E-state index in [0.29, 0.717) is 51.0 Å². The number of ether oxygens (including phenoxy) is 4. The molecule has 2 rings (SSSR count). The van der Waals surface area contributed by atoms with E-state index >= 15 is 0 Å². The van der Waals surface area contributed by atoms with Crippen molar-refractivity contribution in [1.82, 2.24) is 0 Å². The molecule has 0 aliphatic carbocycles. The third-order valence-corrected chi connectivity index (χ3v) is 3.66. The Morgan fingerprint density at radius 2 is 1.15 bits per heavy atom. The summed E-state index contributed by atoms with van der Waals surface area (Å²) in [6.07, 6.45) is 3.63. The predicted molar refractivity (Wildman–Crippen MR) is 87.6 cm³/mol. The number of rotatable bonds is 10. The van der Waals surface area contributed by atoms with E-state index in [0.717, 1.165) is 0 Å². The molecule has 0 bridgehead atoms. The number of epoxide rings is 2. The minimum atomic E-state index is -1.06. The van der Waals surface area contributed by atoms with Gasteiger partial charge in [0.05, 0.1) is 25.4 Å². The molecule has 0 radical (unpaired) electrons. The minimum absolute atomic E-state index is 0.133. The van der Waals surface area contributed by atoms with Gasteiger partial charge >= 0.3 is 23.9 Å². The maximum Gasteiger partial charge on any atom is 0.341 e. The summed E-state index contributed by atoms with van der Waals surface area (Å²) in [7, 11) is 0. The Bertz CT molecular complexity index is 596. The molecule has 0 aromatic carbocycles. The Balaban J connectivity index is 1.65. The predicted octanol–water partition coefficient (Wildman–Crippen LogP) is 1.15. The van der Waals surface area contributed by atoms with E-state index in [4.69, 9.17) is 9.47 Å². The van der Waals surface area contributed by atoms with E-state index in [1.165, 1.54) is 0 Å². The molecular weight excluding hydrogens is 344 g/mol. The summed E-state index contributed by atoms with van der Waals surface area (Å²) in [5, 5.41) is 0. The van der Waals surface area contributed by atoms with Crippen molar-refractivity contribution in [3.63, 3.8) is 0 Å². The summed E-state index contributed by atoms with van der Waals surface area (Å²) in [6.45, 7) is 8.39. The summed E-state index contributed by atoms with van der Waals surface area (Å²) in [5.41, 5.74) is 0.270. The lowest BCUT2D eigenvalue weighted by atomic mass is 10.1. The average molecular weight is 364 g/mol. The van der Waals surface area contributed by atoms with E-state index in [9.17, 15) is 19.2 Å². The van der Waals surface area contributed by atoms with Gasteiger partial charge in [-0.3, -0.25) is 0 Å². The Hall–Kier alpha value is -2.58. The van der Waals surface area contributed by atoms with Crippen LogP contribution in [0.25, 0.3) is 0 Å². The normalized spacial score (nSPS) is 20.3. The number of esters is 4. The molecule has 0 spiro atoms. The Morgan fingerprint density at radius 3 is 1.46 bits per heavy atom. The zero-order chi connectivity index (χ0) is 19.1. The van der Waals surface area contributed by atoms with Crippen LogP contribution < -0.4 is 0 Å². The van der Waals surface area contributed by atoms with Crippen LogP contribution >= 0.6 is 0 Å². The summed E-state index contributed by atoms with van der Waals surface area (Å²) in [6, 6.07) is 0.